The molecule has 0 aliphatic heterocycles. The van der Waals surface area contributed by atoms with E-state index < -0.39 is 0 Å². The van der Waals surface area contributed by atoms with E-state index in [-0.39, 0.29) is 6.10 Å². The summed E-state index contributed by atoms with van der Waals surface area (Å²) in [7, 11) is 0. The average molecular weight is 295 g/mol. The predicted octanol–water partition coefficient (Wildman–Crippen LogP) is 2.97. The Hall–Kier alpha value is -0.120. The minimum atomic E-state index is -0.368. The topological polar surface area (TPSA) is 41.5 Å². The Morgan fingerprint density at radius 2 is 1.71 bits per heavy atom. The first kappa shape index (κ1) is 15.8. The van der Waals surface area contributed by atoms with Gasteiger partial charge < -0.3 is 15.2 Å². The molecule has 3 heteroatoms. The number of hydrogen-bond donors (Lipinski definition) is 2. The van der Waals surface area contributed by atoms with Gasteiger partial charge in [0.25, 0.3) is 0 Å². The van der Waals surface area contributed by atoms with Gasteiger partial charge in [0.05, 0.1) is 19.3 Å². The lowest BCUT2D eigenvalue weighted by atomic mass is 9.50. The van der Waals surface area contributed by atoms with Crippen molar-refractivity contribution in [3.05, 3.63) is 0 Å². The molecule has 4 bridgehead atoms. The van der Waals surface area contributed by atoms with Gasteiger partial charge in [-0.05, 0) is 75.0 Å². The molecule has 0 aromatic heterocycles. The molecule has 4 aliphatic carbocycles. The van der Waals surface area contributed by atoms with Crippen molar-refractivity contribution in [1.82, 2.24) is 5.32 Å². The average Bonchev–Trinajstić information content (AvgIpc) is 2.43. The van der Waals surface area contributed by atoms with Gasteiger partial charge in [-0.1, -0.05) is 6.92 Å². The standard InChI is InChI=1S/C18H33NO2/c1-3-13(2)19-10-17(20)11-21-12-18-7-14-4-15(8-18)6-16(5-14)9-18/h13-17,19-20H,3-12H2,1-2H3/t13-,14?,15?,16?,17+,18?/m1/s1. The van der Waals surface area contributed by atoms with E-state index in [9.17, 15) is 5.11 Å². The fraction of sp³-hybridized carbons (Fsp3) is 1.00. The number of rotatable bonds is 8. The van der Waals surface area contributed by atoms with Gasteiger partial charge in [0.2, 0.25) is 0 Å². The summed E-state index contributed by atoms with van der Waals surface area (Å²) in [5, 5.41) is 13.4. The normalized spacial score (nSPS) is 40.4. The number of nitrogens with one attached hydrogen (secondary N) is 1. The molecular formula is C18H33NO2. The predicted molar refractivity (Wildman–Crippen MR) is 85.2 cm³/mol. The first-order chi connectivity index (χ1) is 10.1. The summed E-state index contributed by atoms with van der Waals surface area (Å²) >= 11 is 0. The van der Waals surface area contributed by atoms with Crippen LogP contribution in [0.4, 0.5) is 0 Å². The summed E-state index contributed by atoms with van der Waals surface area (Å²) in [5.74, 6) is 2.95. The molecule has 0 heterocycles. The smallest absolute Gasteiger partial charge is 0.0897 e. The van der Waals surface area contributed by atoms with Crippen LogP contribution in [0.2, 0.25) is 0 Å². The van der Waals surface area contributed by atoms with E-state index in [1.165, 1.54) is 38.5 Å². The number of ether oxygens (including phenoxy) is 1. The van der Waals surface area contributed by atoms with E-state index in [1.807, 2.05) is 0 Å². The largest absolute Gasteiger partial charge is 0.389 e. The van der Waals surface area contributed by atoms with E-state index in [2.05, 4.69) is 19.2 Å². The van der Waals surface area contributed by atoms with Crippen LogP contribution in [0.15, 0.2) is 0 Å². The maximum atomic E-state index is 10.0. The molecule has 0 saturated heterocycles. The Bertz CT molecular complexity index is 309. The summed E-state index contributed by atoms with van der Waals surface area (Å²) in [4.78, 5) is 0. The van der Waals surface area contributed by atoms with Gasteiger partial charge in [-0.15, -0.1) is 0 Å². The van der Waals surface area contributed by atoms with Crippen molar-refractivity contribution in [3.63, 3.8) is 0 Å². The first-order valence-electron chi connectivity index (χ1n) is 9.08. The van der Waals surface area contributed by atoms with Crippen LogP contribution in [0.1, 0.15) is 58.8 Å². The Kier molecular flexibility index (Phi) is 4.92. The van der Waals surface area contributed by atoms with E-state index in [4.69, 9.17) is 4.74 Å². The zero-order chi connectivity index (χ0) is 14.9. The molecule has 122 valence electrons. The van der Waals surface area contributed by atoms with Crippen molar-refractivity contribution >= 4 is 0 Å². The SMILES string of the molecule is CC[C@@H](C)NC[C@H](O)COCC12CC3CC(CC(C3)C1)C2. The van der Waals surface area contributed by atoms with Crippen LogP contribution in [-0.4, -0.2) is 37.0 Å². The molecule has 0 aromatic carbocycles. The first-order valence-corrected chi connectivity index (χ1v) is 9.08. The van der Waals surface area contributed by atoms with Gasteiger partial charge in [0.1, 0.15) is 0 Å². The zero-order valence-corrected chi connectivity index (χ0v) is 13.8. The van der Waals surface area contributed by atoms with Crippen molar-refractivity contribution in [3.8, 4) is 0 Å². The van der Waals surface area contributed by atoms with Crippen LogP contribution in [0.3, 0.4) is 0 Å². The lowest BCUT2D eigenvalue weighted by Gasteiger charge is -2.56. The third kappa shape index (κ3) is 3.80. The summed E-state index contributed by atoms with van der Waals surface area (Å²) in [5.41, 5.74) is 0.471. The molecule has 4 rings (SSSR count). The molecule has 2 N–H and O–H groups in total. The van der Waals surface area contributed by atoms with Crippen molar-refractivity contribution in [2.45, 2.75) is 70.9 Å². The van der Waals surface area contributed by atoms with Crippen molar-refractivity contribution in [2.75, 3.05) is 19.8 Å². The second-order valence-corrected chi connectivity index (χ2v) is 8.30. The maximum Gasteiger partial charge on any atom is 0.0897 e. The summed E-state index contributed by atoms with van der Waals surface area (Å²) in [6, 6.07) is 0.475. The molecule has 3 nitrogen and oxygen atoms in total. The Morgan fingerprint density at radius 1 is 1.14 bits per heavy atom. The van der Waals surface area contributed by atoms with Crippen LogP contribution in [0, 0.1) is 23.2 Å². The van der Waals surface area contributed by atoms with Gasteiger partial charge in [-0.2, -0.15) is 0 Å². The highest BCUT2D eigenvalue weighted by molar-refractivity contribution is 5.01. The van der Waals surface area contributed by atoms with E-state index >= 15 is 0 Å². The third-order valence-corrected chi connectivity index (χ3v) is 6.20. The highest BCUT2D eigenvalue weighted by atomic mass is 16.5. The molecule has 0 aromatic rings. The minimum absolute atomic E-state index is 0.368. The molecule has 2 atom stereocenters. The van der Waals surface area contributed by atoms with Crippen LogP contribution >= 0.6 is 0 Å². The third-order valence-electron chi connectivity index (χ3n) is 6.20. The van der Waals surface area contributed by atoms with E-state index in [1.54, 1.807) is 0 Å². The van der Waals surface area contributed by atoms with Gasteiger partial charge in [0, 0.05) is 12.6 Å². The summed E-state index contributed by atoms with van der Waals surface area (Å²) in [6.07, 6.45) is 9.36. The molecule has 0 spiro atoms. The number of aliphatic hydroxyl groups excluding tert-OH is 1. The highest BCUT2D eigenvalue weighted by Gasteiger charge is 2.50. The van der Waals surface area contributed by atoms with Crippen LogP contribution in [0.25, 0.3) is 0 Å². The Labute approximate surface area is 129 Å². The van der Waals surface area contributed by atoms with Gasteiger partial charge in [-0.25, -0.2) is 0 Å². The van der Waals surface area contributed by atoms with Crippen LogP contribution in [-0.2, 0) is 4.74 Å². The van der Waals surface area contributed by atoms with E-state index in [0.717, 1.165) is 30.8 Å². The molecule has 4 saturated carbocycles. The second-order valence-electron chi connectivity index (χ2n) is 8.30. The quantitative estimate of drug-likeness (QED) is 0.723. The second kappa shape index (κ2) is 6.55. The van der Waals surface area contributed by atoms with Gasteiger partial charge >= 0.3 is 0 Å². The summed E-state index contributed by atoms with van der Waals surface area (Å²) in [6.45, 7) is 6.34. The van der Waals surface area contributed by atoms with Crippen molar-refractivity contribution in [2.24, 2.45) is 23.2 Å². The maximum absolute atomic E-state index is 10.0. The highest BCUT2D eigenvalue weighted by Crippen LogP contribution is 2.59. The Balaban J connectivity index is 1.39. The lowest BCUT2D eigenvalue weighted by Crippen LogP contribution is -2.48. The number of hydrogen-bond acceptors (Lipinski definition) is 3. The molecule has 4 aliphatic rings. The fourth-order valence-electron chi connectivity index (χ4n) is 5.42. The molecule has 4 fully saturated rings. The van der Waals surface area contributed by atoms with Crippen molar-refractivity contribution < 1.29 is 9.84 Å². The van der Waals surface area contributed by atoms with Gasteiger partial charge in [-0.3, -0.25) is 0 Å². The molecule has 21 heavy (non-hydrogen) atoms. The fourth-order valence-corrected chi connectivity index (χ4v) is 5.42. The lowest BCUT2D eigenvalue weighted by molar-refractivity contribution is -0.105. The van der Waals surface area contributed by atoms with Gasteiger partial charge in [0.15, 0.2) is 0 Å². The molecule has 0 radical (unpaired) electrons. The van der Waals surface area contributed by atoms with Crippen LogP contribution in [0.5, 0.6) is 0 Å². The van der Waals surface area contributed by atoms with Crippen LogP contribution < -0.4 is 5.32 Å². The van der Waals surface area contributed by atoms with E-state index in [0.29, 0.717) is 24.6 Å². The monoisotopic (exact) mass is 295 g/mol. The Morgan fingerprint density at radius 3 is 2.24 bits per heavy atom. The number of aliphatic hydroxyl groups is 1. The molecule has 0 amide bonds. The molecular weight excluding hydrogens is 262 g/mol. The molecule has 0 unspecified atom stereocenters. The zero-order valence-electron chi connectivity index (χ0n) is 13.8. The van der Waals surface area contributed by atoms with Crippen molar-refractivity contribution in [1.29, 1.82) is 0 Å². The minimum Gasteiger partial charge on any atom is -0.389 e. The summed E-state index contributed by atoms with van der Waals surface area (Å²) < 4.78 is 5.96.